The van der Waals surface area contributed by atoms with Crippen LogP contribution in [-0.2, 0) is 6.42 Å². The third kappa shape index (κ3) is 2.74. The molecule has 0 bridgehead atoms. The first-order chi connectivity index (χ1) is 8.78. The Morgan fingerprint density at radius 2 is 2.17 bits per heavy atom. The fraction of sp³-hybridized carbons (Fsp3) is 0.714. The smallest absolute Gasteiger partial charge is 0.134 e. The van der Waals surface area contributed by atoms with Gasteiger partial charge in [0.2, 0.25) is 0 Å². The summed E-state index contributed by atoms with van der Waals surface area (Å²) in [6.45, 7) is 8.49. The fourth-order valence-corrected chi connectivity index (χ4v) is 2.62. The molecule has 2 heterocycles. The quantitative estimate of drug-likeness (QED) is 0.870. The molecule has 18 heavy (non-hydrogen) atoms. The second-order valence-corrected chi connectivity index (χ2v) is 4.81. The zero-order valence-electron chi connectivity index (χ0n) is 11.7. The van der Waals surface area contributed by atoms with Crippen molar-refractivity contribution in [2.45, 2.75) is 52.5 Å². The Hall–Kier alpha value is -1.32. The molecule has 1 aliphatic heterocycles. The average Bonchev–Trinajstić information content (AvgIpc) is 2.87. The Kier molecular flexibility index (Phi) is 4.39. The van der Waals surface area contributed by atoms with E-state index in [4.69, 9.17) is 0 Å². The molecule has 0 amide bonds. The molecule has 0 aromatic carbocycles. The third-order valence-corrected chi connectivity index (χ3v) is 3.58. The maximum Gasteiger partial charge on any atom is 0.134 e. The molecule has 100 valence electrons. The van der Waals surface area contributed by atoms with Crippen molar-refractivity contribution in [3.8, 4) is 0 Å². The van der Waals surface area contributed by atoms with Crippen molar-refractivity contribution >= 4 is 11.6 Å². The first-order valence-electron chi connectivity index (χ1n) is 7.16. The SMILES string of the molecule is CCNc1cc(N2CCCC2CC)nc(CC)n1. The number of aromatic nitrogens is 2. The zero-order valence-corrected chi connectivity index (χ0v) is 11.7. The monoisotopic (exact) mass is 248 g/mol. The predicted molar refractivity (Wildman–Crippen MR) is 76.2 cm³/mol. The van der Waals surface area contributed by atoms with Crippen LogP contribution in [0.5, 0.6) is 0 Å². The number of rotatable bonds is 5. The maximum absolute atomic E-state index is 4.69. The van der Waals surface area contributed by atoms with Gasteiger partial charge in [0.15, 0.2) is 0 Å². The van der Waals surface area contributed by atoms with Crippen molar-refractivity contribution in [2.24, 2.45) is 0 Å². The van der Waals surface area contributed by atoms with E-state index in [1.54, 1.807) is 0 Å². The minimum atomic E-state index is 0.652. The van der Waals surface area contributed by atoms with Crippen molar-refractivity contribution in [2.75, 3.05) is 23.3 Å². The minimum absolute atomic E-state index is 0.652. The molecule has 1 aromatic rings. The molecule has 1 fully saturated rings. The van der Waals surface area contributed by atoms with Crippen molar-refractivity contribution in [3.63, 3.8) is 0 Å². The Morgan fingerprint density at radius 3 is 2.83 bits per heavy atom. The van der Waals surface area contributed by atoms with Gasteiger partial charge in [0.25, 0.3) is 0 Å². The van der Waals surface area contributed by atoms with Gasteiger partial charge in [-0.1, -0.05) is 13.8 Å². The lowest BCUT2D eigenvalue weighted by atomic mass is 10.2. The highest BCUT2D eigenvalue weighted by atomic mass is 15.2. The molecule has 0 spiro atoms. The summed E-state index contributed by atoms with van der Waals surface area (Å²) in [6, 6.07) is 2.75. The van der Waals surface area contributed by atoms with E-state index in [-0.39, 0.29) is 0 Å². The third-order valence-electron chi connectivity index (χ3n) is 3.58. The number of nitrogens with one attached hydrogen (secondary N) is 1. The first-order valence-corrected chi connectivity index (χ1v) is 7.16. The van der Waals surface area contributed by atoms with E-state index in [1.807, 2.05) is 0 Å². The normalized spacial score (nSPS) is 19.3. The van der Waals surface area contributed by atoms with Crippen LogP contribution in [0.1, 0.15) is 45.9 Å². The highest BCUT2D eigenvalue weighted by Gasteiger charge is 2.24. The van der Waals surface area contributed by atoms with Gasteiger partial charge in [0.05, 0.1) is 0 Å². The second kappa shape index (κ2) is 6.03. The Balaban J connectivity index is 2.27. The second-order valence-electron chi connectivity index (χ2n) is 4.81. The van der Waals surface area contributed by atoms with E-state index in [1.165, 1.54) is 19.3 Å². The highest BCUT2D eigenvalue weighted by molar-refractivity contribution is 5.50. The summed E-state index contributed by atoms with van der Waals surface area (Å²) in [7, 11) is 0. The van der Waals surface area contributed by atoms with Gasteiger partial charge in [-0.15, -0.1) is 0 Å². The van der Waals surface area contributed by atoms with Crippen LogP contribution in [0.4, 0.5) is 11.6 Å². The molecule has 0 radical (unpaired) electrons. The van der Waals surface area contributed by atoms with Crippen LogP contribution in [0.15, 0.2) is 6.07 Å². The van der Waals surface area contributed by atoms with Gasteiger partial charge in [-0.25, -0.2) is 9.97 Å². The lowest BCUT2D eigenvalue weighted by Gasteiger charge is -2.25. The fourth-order valence-electron chi connectivity index (χ4n) is 2.62. The van der Waals surface area contributed by atoms with Crippen LogP contribution in [-0.4, -0.2) is 29.1 Å². The first kappa shape index (κ1) is 13.1. The molecule has 1 N–H and O–H groups in total. The Labute approximate surface area is 110 Å². The van der Waals surface area contributed by atoms with Crippen LogP contribution in [0, 0.1) is 0 Å². The minimum Gasteiger partial charge on any atom is -0.370 e. The van der Waals surface area contributed by atoms with Crippen molar-refractivity contribution < 1.29 is 0 Å². The molecule has 1 aromatic heterocycles. The molecule has 1 saturated heterocycles. The van der Waals surface area contributed by atoms with Gasteiger partial charge in [-0.2, -0.15) is 0 Å². The van der Waals surface area contributed by atoms with Crippen LogP contribution < -0.4 is 10.2 Å². The number of nitrogens with zero attached hydrogens (tertiary/aromatic N) is 3. The van der Waals surface area contributed by atoms with Gasteiger partial charge >= 0.3 is 0 Å². The zero-order chi connectivity index (χ0) is 13.0. The molecule has 0 aliphatic carbocycles. The molecule has 4 nitrogen and oxygen atoms in total. The molecular weight excluding hydrogens is 224 g/mol. The van der Waals surface area contributed by atoms with Gasteiger partial charge < -0.3 is 10.2 Å². The molecule has 2 rings (SSSR count). The van der Waals surface area contributed by atoms with Crippen LogP contribution in [0.25, 0.3) is 0 Å². The van der Waals surface area contributed by atoms with Gasteiger partial charge in [-0.3, -0.25) is 0 Å². The number of hydrogen-bond donors (Lipinski definition) is 1. The van der Waals surface area contributed by atoms with Crippen LogP contribution in [0.2, 0.25) is 0 Å². The topological polar surface area (TPSA) is 41.0 Å². The predicted octanol–water partition coefficient (Wildman–Crippen LogP) is 2.85. The van der Waals surface area contributed by atoms with Gasteiger partial charge in [-0.05, 0) is 26.2 Å². The van der Waals surface area contributed by atoms with Crippen molar-refractivity contribution in [3.05, 3.63) is 11.9 Å². The summed E-state index contributed by atoms with van der Waals surface area (Å²) in [4.78, 5) is 11.7. The summed E-state index contributed by atoms with van der Waals surface area (Å²) in [6.07, 6.45) is 4.65. The highest BCUT2D eigenvalue weighted by Crippen LogP contribution is 2.27. The van der Waals surface area contributed by atoms with Crippen LogP contribution in [0.3, 0.4) is 0 Å². The molecular formula is C14H24N4. The standard InChI is InChI=1S/C14H24N4/c1-4-11-8-7-9-18(11)14-10-13(15-6-3)16-12(5-2)17-14/h10-11H,4-9H2,1-3H3,(H,15,16,17). The van der Waals surface area contributed by atoms with Crippen LogP contribution >= 0.6 is 0 Å². The Morgan fingerprint density at radius 1 is 1.33 bits per heavy atom. The maximum atomic E-state index is 4.69. The molecule has 1 aliphatic rings. The van der Waals surface area contributed by atoms with E-state index >= 15 is 0 Å². The van der Waals surface area contributed by atoms with Gasteiger partial charge in [0, 0.05) is 31.6 Å². The summed E-state index contributed by atoms with van der Waals surface area (Å²) in [5.41, 5.74) is 0. The molecule has 1 unspecified atom stereocenters. The van der Waals surface area contributed by atoms with Crippen molar-refractivity contribution in [1.82, 2.24) is 9.97 Å². The van der Waals surface area contributed by atoms with Gasteiger partial charge in [0.1, 0.15) is 17.5 Å². The lowest BCUT2D eigenvalue weighted by molar-refractivity contribution is 0.638. The van der Waals surface area contributed by atoms with E-state index < -0.39 is 0 Å². The summed E-state index contributed by atoms with van der Waals surface area (Å²) >= 11 is 0. The largest absolute Gasteiger partial charge is 0.370 e. The lowest BCUT2D eigenvalue weighted by Crippen LogP contribution is -2.29. The molecule has 1 atom stereocenters. The number of hydrogen-bond acceptors (Lipinski definition) is 4. The summed E-state index contributed by atoms with van der Waals surface area (Å²) in [5, 5.41) is 3.30. The Bertz CT molecular complexity index is 391. The van der Waals surface area contributed by atoms with Crippen molar-refractivity contribution in [1.29, 1.82) is 0 Å². The van der Waals surface area contributed by atoms with E-state index in [9.17, 15) is 0 Å². The van der Waals surface area contributed by atoms with E-state index in [2.05, 4.69) is 47.0 Å². The summed E-state index contributed by atoms with van der Waals surface area (Å²) in [5.74, 6) is 2.99. The summed E-state index contributed by atoms with van der Waals surface area (Å²) < 4.78 is 0. The average molecular weight is 248 g/mol. The molecule has 4 heteroatoms. The van der Waals surface area contributed by atoms with E-state index in [0.29, 0.717) is 6.04 Å². The number of aryl methyl sites for hydroxylation is 1. The molecule has 0 saturated carbocycles. The number of anilines is 2. The van der Waals surface area contributed by atoms with E-state index in [0.717, 1.165) is 37.0 Å².